The van der Waals surface area contributed by atoms with Gasteiger partial charge < -0.3 is 15.4 Å². The van der Waals surface area contributed by atoms with E-state index in [1.54, 1.807) is 0 Å². The molecule has 0 aliphatic rings. The highest BCUT2D eigenvalue weighted by Gasteiger charge is 2.30. The Kier molecular flexibility index (Phi) is 5.44. The van der Waals surface area contributed by atoms with E-state index >= 15 is 0 Å². The van der Waals surface area contributed by atoms with Crippen LogP contribution in [0.25, 0.3) is 0 Å². The summed E-state index contributed by atoms with van der Waals surface area (Å²) in [6.07, 6.45) is -4.69. The Labute approximate surface area is 127 Å². The number of benzene rings is 1. The number of ether oxygens (including phenoxy) is 1. The number of alkyl halides is 3. The van der Waals surface area contributed by atoms with E-state index in [4.69, 9.17) is 12.2 Å². The molecular formula is C14H19F3N2OS. The van der Waals surface area contributed by atoms with Crippen molar-refractivity contribution in [1.29, 1.82) is 0 Å². The van der Waals surface area contributed by atoms with Gasteiger partial charge in [0.05, 0.1) is 0 Å². The largest absolute Gasteiger partial charge is 0.573 e. The normalized spacial score (nSPS) is 13.5. The lowest BCUT2D eigenvalue weighted by molar-refractivity contribution is -0.274. The molecular weight excluding hydrogens is 301 g/mol. The molecule has 0 amide bonds. The Bertz CT molecular complexity index is 480. The molecule has 21 heavy (non-hydrogen) atoms. The summed E-state index contributed by atoms with van der Waals surface area (Å²) in [4.78, 5) is 0. The zero-order valence-electron chi connectivity index (χ0n) is 12.3. The second kappa shape index (κ2) is 6.51. The molecule has 0 saturated carbocycles. The van der Waals surface area contributed by atoms with Gasteiger partial charge in [-0.3, -0.25) is 0 Å². The Hall–Kier alpha value is -1.50. The van der Waals surface area contributed by atoms with Crippen molar-refractivity contribution in [3.05, 3.63) is 24.3 Å². The van der Waals surface area contributed by atoms with Gasteiger partial charge in [0.15, 0.2) is 5.11 Å². The molecule has 0 radical (unpaired) electrons. The standard InChI is InChI=1S/C14H19F3N2OS/c1-9(13(2,3)4)18-12(21)19-10-5-7-11(8-6-10)20-14(15,16)17/h5-9H,1-4H3,(H2,18,19,21). The maximum Gasteiger partial charge on any atom is 0.573 e. The molecule has 1 atom stereocenters. The van der Waals surface area contributed by atoms with Crippen LogP contribution in [0.1, 0.15) is 27.7 Å². The summed E-state index contributed by atoms with van der Waals surface area (Å²) >= 11 is 5.17. The van der Waals surface area contributed by atoms with Crippen molar-refractivity contribution in [2.75, 3.05) is 5.32 Å². The minimum Gasteiger partial charge on any atom is -0.406 e. The summed E-state index contributed by atoms with van der Waals surface area (Å²) in [6.45, 7) is 8.25. The SMILES string of the molecule is CC(NC(=S)Nc1ccc(OC(F)(F)F)cc1)C(C)(C)C. The van der Waals surface area contributed by atoms with Crippen molar-refractivity contribution in [2.24, 2.45) is 5.41 Å². The van der Waals surface area contributed by atoms with Gasteiger partial charge in [-0.05, 0) is 48.8 Å². The van der Waals surface area contributed by atoms with Crippen LogP contribution < -0.4 is 15.4 Å². The van der Waals surface area contributed by atoms with Crippen LogP contribution >= 0.6 is 12.2 Å². The van der Waals surface area contributed by atoms with Gasteiger partial charge in [0.25, 0.3) is 0 Å². The number of anilines is 1. The van der Waals surface area contributed by atoms with Gasteiger partial charge in [0.2, 0.25) is 0 Å². The van der Waals surface area contributed by atoms with Crippen LogP contribution in [-0.4, -0.2) is 17.5 Å². The summed E-state index contributed by atoms with van der Waals surface area (Å²) in [5.74, 6) is -0.269. The molecule has 1 rings (SSSR count). The van der Waals surface area contributed by atoms with E-state index in [1.807, 2.05) is 6.92 Å². The zero-order valence-corrected chi connectivity index (χ0v) is 13.2. The Morgan fingerprint density at radius 3 is 2.10 bits per heavy atom. The summed E-state index contributed by atoms with van der Waals surface area (Å²) in [7, 11) is 0. The van der Waals surface area contributed by atoms with Gasteiger partial charge in [-0.2, -0.15) is 0 Å². The molecule has 0 aromatic heterocycles. The van der Waals surface area contributed by atoms with Gasteiger partial charge in [-0.1, -0.05) is 20.8 Å². The van der Waals surface area contributed by atoms with Crippen molar-refractivity contribution in [1.82, 2.24) is 5.32 Å². The van der Waals surface area contributed by atoms with Crippen LogP contribution in [0.2, 0.25) is 0 Å². The summed E-state index contributed by atoms with van der Waals surface area (Å²) in [5, 5.41) is 6.47. The first kappa shape index (κ1) is 17.6. The maximum absolute atomic E-state index is 12.0. The molecule has 118 valence electrons. The van der Waals surface area contributed by atoms with Crippen LogP contribution in [-0.2, 0) is 0 Å². The topological polar surface area (TPSA) is 33.3 Å². The first-order valence-electron chi connectivity index (χ1n) is 6.41. The van der Waals surface area contributed by atoms with Crippen LogP contribution in [0.4, 0.5) is 18.9 Å². The molecule has 1 aromatic rings. The van der Waals surface area contributed by atoms with Crippen molar-refractivity contribution in [3.63, 3.8) is 0 Å². The quantitative estimate of drug-likeness (QED) is 0.813. The average molecular weight is 320 g/mol. The third kappa shape index (κ3) is 6.66. The van der Waals surface area contributed by atoms with Crippen molar-refractivity contribution >= 4 is 23.0 Å². The highest BCUT2D eigenvalue weighted by atomic mass is 32.1. The minimum absolute atomic E-state index is 0.0378. The number of hydrogen-bond donors (Lipinski definition) is 2. The van der Waals surface area contributed by atoms with E-state index in [1.165, 1.54) is 24.3 Å². The maximum atomic E-state index is 12.0. The van der Waals surface area contributed by atoms with Gasteiger partial charge in [-0.25, -0.2) is 0 Å². The lowest BCUT2D eigenvalue weighted by Crippen LogP contribution is -2.43. The monoisotopic (exact) mass is 320 g/mol. The van der Waals surface area contributed by atoms with Crippen LogP contribution in [0, 0.1) is 5.41 Å². The summed E-state index contributed by atoms with van der Waals surface area (Å²) in [6, 6.07) is 5.54. The minimum atomic E-state index is -4.69. The Morgan fingerprint density at radius 2 is 1.67 bits per heavy atom. The van der Waals surface area contributed by atoms with E-state index in [9.17, 15) is 13.2 Å². The predicted octanol–water partition coefficient (Wildman–Crippen LogP) is 4.31. The molecule has 0 spiro atoms. The molecule has 2 N–H and O–H groups in total. The zero-order chi connectivity index (χ0) is 16.3. The smallest absolute Gasteiger partial charge is 0.406 e. The molecule has 7 heteroatoms. The molecule has 1 aromatic carbocycles. The lowest BCUT2D eigenvalue weighted by Gasteiger charge is -2.29. The third-order valence-corrected chi connectivity index (χ3v) is 3.21. The summed E-state index contributed by atoms with van der Waals surface area (Å²) < 4.78 is 39.9. The fourth-order valence-electron chi connectivity index (χ4n) is 1.32. The molecule has 1 unspecified atom stereocenters. The highest BCUT2D eigenvalue weighted by molar-refractivity contribution is 7.80. The Balaban J connectivity index is 2.58. The number of hydrogen-bond acceptors (Lipinski definition) is 2. The number of rotatable bonds is 3. The predicted molar refractivity (Wildman–Crippen MR) is 81.4 cm³/mol. The van der Waals surface area contributed by atoms with E-state index in [0.717, 1.165) is 0 Å². The van der Waals surface area contributed by atoms with Crippen molar-refractivity contribution in [2.45, 2.75) is 40.1 Å². The highest BCUT2D eigenvalue weighted by Crippen LogP contribution is 2.24. The molecule has 0 bridgehead atoms. The molecule has 0 aliphatic carbocycles. The van der Waals surface area contributed by atoms with Crippen LogP contribution in [0.3, 0.4) is 0 Å². The van der Waals surface area contributed by atoms with Crippen LogP contribution in [0.15, 0.2) is 24.3 Å². The molecule has 0 saturated heterocycles. The lowest BCUT2D eigenvalue weighted by atomic mass is 9.88. The second-order valence-electron chi connectivity index (χ2n) is 5.76. The number of halogens is 3. The van der Waals surface area contributed by atoms with Gasteiger partial charge in [0.1, 0.15) is 5.75 Å². The molecule has 3 nitrogen and oxygen atoms in total. The van der Waals surface area contributed by atoms with Crippen LogP contribution in [0.5, 0.6) is 5.75 Å². The average Bonchev–Trinajstić information content (AvgIpc) is 2.28. The van der Waals surface area contributed by atoms with Crippen molar-refractivity contribution < 1.29 is 17.9 Å². The van der Waals surface area contributed by atoms with Gasteiger partial charge in [-0.15, -0.1) is 13.2 Å². The fourth-order valence-corrected chi connectivity index (χ4v) is 1.61. The molecule has 0 heterocycles. The summed E-state index contributed by atoms with van der Waals surface area (Å²) in [5.41, 5.74) is 0.624. The first-order valence-corrected chi connectivity index (χ1v) is 6.81. The number of thiocarbonyl (C=S) groups is 1. The van der Waals surface area contributed by atoms with Gasteiger partial charge in [0, 0.05) is 11.7 Å². The Morgan fingerprint density at radius 1 is 1.14 bits per heavy atom. The van der Waals surface area contributed by atoms with Crippen molar-refractivity contribution in [3.8, 4) is 5.75 Å². The first-order chi connectivity index (χ1) is 9.47. The van der Waals surface area contributed by atoms with E-state index in [-0.39, 0.29) is 17.2 Å². The van der Waals surface area contributed by atoms with E-state index < -0.39 is 6.36 Å². The molecule has 0 aliphatic heterocycles. The fraction of sp³-hybridized carbons (Fsp3) is 0.500. The molecule has 0 fully saturated rings. The van der Waals surface area contributed by atoms with Gasteiger partial charge >= 0.3 is 6.36 Å². The second-order valence-corrected chi connectivity index (χ2v) is 6.17. The number of nitrogens with one attached hydrogen (secondary N) is 2. The van der Waals surface area contributed by atoms with E-state index in [2.05, 4.69) is 36.1 Å². The van der Waals surface area contributed by atoms with E-state index in [0.29, 0.717) is 10.8 Å². The third-order valence-electron chi connectivity index (χ3n) is 2.99.